The number of likely N-dealkylation sites (N-methyl/N-ethyl adjacent to an activating group) is 1. The van der Waals surface area contributed by atoms with Gasteiger partial charge in [0, 0.05) is 38.6 Å². The molecule has 0 aromatic carbocycles. The largest absolute Gasteiger partial charge is 0.355 e. The van der Waals surface area contributed by atoms with Gasteiger partial charge in [-0.2, -0.15) is 0 Å². The van der Waals surface area contributed by atoms with Crippen LogP contribution in [0.5, 0.6) is 0 Å². The van der Waals surface area contributed by atoms with Gasteiger partial charge in [0.2, 0.25) is 11.8 Å². The average Bonchev–Trinajstić information content (AvgIpc) is 2.79. The summed E-state index contributed by atoms with van der Waals surface area (Å²) < 4.78 is 0. The Morgan fingerprint density at radius 3 is 2.24 bits per heavy atom. The van der Waals surface area contributed by atoms with E-state index in [1.807, 2.05) is 6.92 Å². The lowest BCUT2D eigenvalue weighted by atomic mass is 9.51. The van der Waals surface area contributed by atoms with E-state index in [9.17, 15) is 9.59 Å². The predicted molar refractivity (Wildman–Crippen MR) is 96.9 cm³/mol. The Morgan fingerprint density at radius 1 is 0.920 bits per heavy atom. The van der Waals surface area contributed by atoms with Crippen molar-refractivity contribution in [3.63, 3.8) is 0 Å². The van der Waals surface area contributed by atoms with E-state index in [1.165, 1.54) is 32.1 Å². The first-order valence-electron chi connectivity index (χ1n) is 10.4. The van der Waals surface area contributed by atoms with Crippen molar-refractivity contribution < 1.29 is 9.59 Å². The van der Waals surface area contributed by atoms with Crippen LogP contribution in [0.3, 0.4) is 0 Å². The molecule has 0 aromatic rings. The highest BCUT2D eigenvalue weighted by Crippen LogP contribution is 2.56. The molecule has 1 aliphatic heterocycles. The molecular formula is C20H33N3O2. The van der Waals surface area contributed by atoms with Gasteiger partial charge in [0.25, 0.3) is 0 Å². The molecule has 0 aromatic heterocycles. The van der Waals surface area contributed by atoms with Crippen molar-refractivity contribution in [3.05, 3.63) is 0 Å². The minimum atomic E-state index is 0.100. The van der Waals surface area contributed by atoms with E-state index in [-0.39, 0.29) is 5.91 Å². The maximum Gasteiger partial charge on any atom is 0.234 e. The molecule has 1 N–H and O–H groups in total. The molecule has 0 unspecified atom stereocenters. The molecule has 5 fully saturated rings. The Kier molecular flexibility index (Phi) is 5.03. The summed E-state index contributed by atoms with van der Waals surface area (Å²) in [5.41, 5.74) is 0. The fourth-order valence-electron chi connectivity index (χ4n) is 6.34. The molecule has 4 bridgehead atoms. The number of hydrogen-bond donors (Lipinski definition) is 1. The second-order valence-electron chi connectivity index (χ2n) is 8.86. The van der Waals surface area contributed by atoms with Crippen molar-refractivity contribution in [3.8, 4) is 0 Å². The number of carbonyl (C=O) groups excluding carboxylic acids is 2. The topological polar surface area (TPSA) is 52.7 Å². The molecular weight excluding hydrogens is 314 g/mol. The zero-order valence-corrected chi connectivity index (χ0v) is 15.6. The number of nitrogens with one attached hydrogen (secondary N) is 1. The molecule has 1 saturated heterocycles. The Labute approximate surface area is 151 Å². The Hall–Kier alpha value is -1.10. The molecule has 140 valence electrons. The fraction of sp³-hybridized carbons (Fsp3) is 0.900. The summed E-state index contributed by atoms with van der Waals surface area (Å²) in [6.45, 7) is 6.51. The molecule has 0 atom stereocenters. The summed E-state index contributed by atoms with van der Waals surface area (Å²) in [6, 6.07) is 0. The lowest BCUT2D eigenvalue weighted by molar-refractivity contribution is -0.148. The maximum absolute atomic E-state index is 13.3. The summed E-state index contributed by atoms with van der Waals surface area (Å²) in [5.74, 6) is 4.02. The van der Waals surface area contributed by atoms with E-state index in [4.69, 9.17) is 0 Å². The molecule has 5 heteroatoms. The molecule has 4 saturated carbocycles. The first-order chi connectivity index (χ1) is 12.1. The lowest BCUT2D eigenvalue weighted by Crippen LogP contribution is -2.52. The van der Waals surface area contributed by atoms with Crippen LogP contribution in [-0.4, -0.2) is 60.9 Å². The number of amides is 2. The van der Waals surface area contributed by atoms with Crippen molar-refractivity contribution in [2.45, 2.75) is 45.4 Å². The van der Waals surface area contributed by atoms with Crippen molar-refractivity contribution in [2.24, 2.45) is 29.6 Å². The van der Waals surface area contributed by atoms with Crippen LogP contribution in [0.25, 0.3) is 0 Å². The zero-order valence-electron chi connectivity index (χ0n) is 15.6. The van der Waals surface area contributed by atoms with E-state index in [1.54, 1.807) is 0 Å². The van der Waals surface area contributed by atoms with E-state index in [0.717, 1.165) is 44.4 Å². The summed E-state index contributed by atoms with van der Waals surface area (Å²) in [7, 11) is 0. The van der Waals surface area contributed by atoms with Gasteiger partial charge in [-0.05, 0) is 69.1 Å². The highest BCUT2D eigenvalue weighted by molar-refractivity contribution is 5.80. The van der Waals surface area contributed by atoms with E-state index in [2.05, 4.69) is 15.1 Å². The fourth-order valence-corrected chi connectivity index (χ4v) is 6.34. The first kappa shape index (κ1) is 17.3. The Balaban J connectivity index is 1.34. The van der Waals surface area contributed by atoms with E-state index in [0.29, 0.717) is 36.8 Å². The van der Waals surface area contributed by atoms with Crippen LogP contribution < -0.4 is 5.32 Å². The van der Waals surface area contributed by atoms with Crippen molar-refractivity contribution in [1.29, 1.82) is 0 Å². The van der Waals surface area contributed by atoms with Crippen LogP contribution in [0.4, 0.5) is 0 Å². The molecule has 25 heavy (non-hydrogen) atoms. The van der Waals surface area contributed by atoms with Gasteiger partial charge in [-0.25, -0.2) is 0 Å². The predicted octanol–water partition coefficient (Wildman–Crippen LogP) is 1.73. The second kappa shape index (κ2) is 7.26. The highest BCUT2D eigenvalue weighted by Gasteiger charge is 2.51. The van der Waals surface area contributed by atoms with Gasteiger partial charge in [0.05, 0.1) is 6.54 Å². The monoisotopic (exact) mass is 347 g/mol. The average molecular weight is 348 g/mol. The molecule has 0 spiro atoms. The smallest absolute Gasteiger partial charge is 0.234 e. The SMILES string of the molecule is CCNC(=O)CN1CCCN(C(=O)C2C3CC4CC(C3)CC2C4)CC1. The summed E-state index contributed by atoms with van der Waals surface area (Å²) in [4.78, 5) is 29.5. The van der Waals surface area contributed by atoms with Crippen molar-refractivity contribution in [1.82, 2.24) is 15.1 Å². The van der Waals surface area contributed by atoms with Gasteiger partial charge in [-0.1, -0.05) is 0 Å². The molecule has 5 rings (SSSR count). The van der Waals surface area contributed by atoms with Gasteiger partial charge in [0.1, 0.15) is 0 Å². The van der Waals surface area contributed by atoms with Crippen LogP contribution in [0, 0.1) is 29.6 Å². The first-order valence-corrected chi connectivity index (χ1v) is 10.4. The minimum Gasteiger partial charge on any atom is -0.355 e. The number of carbonyl (C=O) groups is 2. The third-order valence-corrected chi connectivity index (χ3v) is 7.15. The van der Waals surface area contributed by atoms with E-state index < -0.39 is 0 Å². The van der Waals surface area contributed by atoms with E-state index >= 15 is 0 Å². The van der Waals surface area contributed by atoms with Gasteiger partial charge < -0.3 is 10.2 Å². The van der Waals surface area contributed by atoms with Gasteiger partial charge >= 0.3 is 0 Å². The molecule has 5 nitrogen and oxygen atoms in total. The molecule has 0 radical (unpaired) electrons. The molecule has 5 aliphatic rings. The van der Waals surface area contributed by atoms with Crippen LogP contribution in [0.15, 0.2) is 0 Å². The standard InChI is InChI=1S/C20H33N3O2/c1-2-21-18(24)13-22-4-3-5-23(7-6-22)20(25)19-16-9-14-8-15(11-16)12-17(19)10-14/h14-17,19H,2-13H2,1H3,(H,21,24). The van der Waals surface area contributed by atoms with Crippen LogP contribution >= 0.6 is 0 Å². The van der Waals surface area contributed by atoms with Crippen molar-refractivity contribution in [2.75, 3.05) is 39.3 Å². The summed E-state index contributed by atoms with van der Waals surface area (Å²) >= 11 is 0. The second-order valence-corrected chi connectivity index (χ2v) is 8.86. The van der Waals surface area contributed by atoms with Gasteiger partial charge in [0.15, 0.2) is 0 Å². The number of hydrogen-bond acceptors (Lipinski definition) is 3. The molecule has 1 heterocycles. The van der Waals surface area contributed by atoms with Gasteiger partial charge in [-0.3, -0.25) is 14.5 Å². The van der Waals surface area contributed by atoms with Gasteiger partial charge in [-0.15, -0.1) is 0 Å². The molecule has 4 aliphatic carbocycles. The summed E-state index contributed by atoms with van der Waals surface area (Å²) in [5, 5.41) is 2.87. The Morgan fingerprint density at radius 2 is 1.60 bits per heavy atom. The third kappa shape index (κ3) is 3.57. The maximum atomic E-state index is 13.3. The van der Waals surface area contributed by atoms with Crippen LogP contribution in [0.2, 0.25) is 0 Å². The van der Waals surface area contributed by atoms with Crippen LogP contribution in [-0.2, 0) is 9.59 Å². The zero-order chi connectivity index (χ0) is 17.4. The quantitative estimate of drug-likeness (QED) is 0.843. The summed E-state index contributed by atoms with van der Waals surface area (Å²) in [6.07, 6.45) is 7.65. The minimum absolute atomic E-state index is 0.100. The lowest BCUT2D eigenvalue weighted by Gasteiger charge is -2.54. The third-order valence-electron chi connectivity index (χ3n) is 7.15. The van der Waals surface area contributed by atoms with Crippen molar-refractivity contribution >= 4 is 11.8 Å². The van der Waals surface area contributed by atoms with Crippen LogP contribution in [0.1, 0.15) is 45.4 Å². The Bertz CT molecular complexity index is 493. The molecule has 2 amide bonds. The number of rotatable bonds is 4. The highest BCUT2D eigenvalue weighted by atomic mass is 16.2. The number of nitrogens with zero attached hydrogens (tertiary/aromatic N) is 2. The normalized spacial score (nSPS) is 37.8.